The third-order valence-corrected chi connectivity index (χ3v) is 6.41. The summed E-state index contributed by atoms with van der Waals surface area (Å²) in [6.45, 7) is 1.51. The maximum Gasteiger partial charge on any atom is 0.165 e. The molecule has 3 aromatic heterocycles. The molecule has 164 valence electrons. The summed E-state index contributed by atoms with van der Waals surface area (Å²) in [5.74, 6) is -0.0315. The molecule has 1 aliphatic rings. The Kier molecular flexibility index (Phi) is 5.09. The Bertz CT molecular complexity index is 1340. The second kappa shape index (κ2) is 7.94. The van der Waals surface area contributed by atoms with E-state index in [0.717, 1.165) is 42.5 Å². The lowest BCUT2D eigenvalue weighted by molar-refractivity contribution is 0.0654. The number of methoxy groups -OCH3 is 1. The first kappa shape index (κ1) is 20.5. The number of nitrogens with two attached hydrogens (primary N) is 1. The SMILES string of the molecule is COC1CCC(c2nc3c(-c4cnc5ccc(F)cc5c4)cnn3c(N)c2C(C)=O)CC1. The number of ketones is 1. The number of fused-ring (bicyclic) bond motifs is 2. The molecule has 8 heteroatoms. The molecule has 0 spiro atoms. The molecule has 7 nitrogen and oxygen atoms in total. The van der Waals surface area contributed by atoms with Crippen molar-refractivity contribution in [3.8, 4) is 11.1 Å². The van der Waals surface area contributed by atoms with E-state index in [0.29, 0.717) is 22.1 Å². The van der Waals surface area contributed by atoms with Crippen LogP contribution in [0.4, 0.5) is 10.2 Å². The van der Waals surface area contributed by atoms with Gasteiger partial charge in [-0.3, -0.25) is 9.78 Å². The molecule has 1 aliphatic carbocycles. The zero-order valence-electron chi connectivity index (χ0n) is 18.0. The van der Waals surface area contributed by atoms with Gasteiger partial charge in [0, 0.05) is 35.7 Å². The Labute approximate surface area is 184 Å². The van der Waals surface area contributed by atoms with Crippen LogP contribution in [-0.4, -0.2) is 38.6 Å². The summed E-state index contributed by atoms with van der Waals surface area (Å²) >= 11 is 0. The summed E-state index contributed by atoms with van der Waals surface area (Å²) in [6, 6.07) is 6.35. The molecule has 0 bridgehead atoms. The fourth-order valence-electron chi connectivity index (χ4n) is 4.71. The van der Waals surface area contributed by atoms with Gasteiger partial charge in [0.1, 0.15) is 11.6 Å². The second-order valence-corrected chi connectivity index (χ2v) is 8.38. The van der Waals surface area contributed by atoms with E-state index in [4.69, 9.17) is 15.5 Å². The summed E-state index contributed by atoms with van der Waals surface area (Å²) in [7, 11) is 1.73. The number of carbonyl (C=O) groups excluding carboxylic acids is 1. The largest absolute Gasteiger partial charge is 0.383 e. The first-order chi connectivity index (χ1) is 15.5. The Hall–Kier alpha value is -3.39. The first-order valence-electron chi connectivity index (χ1n) is 10.7. The molecule has 0 amide bonds. The van der Waals surface area contributed by atoms with Crippen LogP contribution in [0.5, 0.6) is 0 Å². The highest BCUT2D eigenvalue weighted by Crippen LogP contribution is 2.38. The molecule has 3 heterocycles. The zero-order valence-corrected chi connectivity index (χ0v) is 18.0. The normalized spacial score (nSPS) is 19.0. The van der Waals surface area contributed by atoms with Crippen molar-refractivity contribution in [1.29, 1.82) is 0 Å². The molecule has 4 aromatic rings. The molecule has 1 aromatic carbocycles. The van der Waals surface area contributed by atoms with Gasteiger partial charge in [-0.05, 0) is 56.9 Å². The van der Waals surface area contributed by atoms with Crippen molar-refractivity contribution in [2.45, 2.75) is 44.6 Å². The monoisotopic (exact) mass is 433 g/mol. The minimum Gasteiger partial charge on any atom is -0.383 e. The molecule has 1 fully saturated rings. The average Bonchev–Trinajstić information content (AvgIpc) is 3.22. The van der Waals surface area contributed by atoms with Crippen molar-refractivity contribution >= 4 is 28.2 Å². The number of hydrogen-bond donors (Lipinski definition) is 1. The van der Waals surface area contributed by atoms with E-state index >= 15 is 0 Å². The molecule has 0 radical (unpaired) electrons. The number of halogens is 1. The Morgan fingerprint density at radius 1 is 1.19 bits per heavy atom. The van der Waals surface area contributed by atoms with Crippen LogP contribution < -0.4 is 5.73 Å². The van der Waals surface area contributed by atoms with Crippen LogP contribution in [0.15, 0.2) is 36.7 Å². The topological polar surface area (TPSA) is 95.4 Å². The molecule has 5 rings (SSSR count). The van der Waals surface area contributed by atoms with Crippen molar-refractivity contribution in [3.63, 3.8) is 0 Å². The van der Waals surface area contributed by atoms with E-state index in [1.165, 1.54) is 23.6 Å². The van der Waals surface area contributed by atoms with Crippen molar-refractivity contribution in [1.82, 2.24) is 19.6 Å². The molecule has 0 saturated heterocycles. The fraction of sp³-hybridized carbons (Fsp3) is 0.333. The molecule has 0 atom stereocenters. The van der Waals surface area contributed by atoms with Crippen LogP contribution in [0, 0.1) is 5.82 Å². The maximum atomic E-state index is 13.7. The fourth-order valence-corrected chi connectivity index (χ4v) is 4.71. The maximum absolute atomic E-state index is 13.7. The van der Waals surface area contributed by atoms with Crippen molar-refractivity contribution in [2.24, 2.45) is 0 Å². The van der Waals surface area contributed by atoms with Gasteiger partial charge >= 0.3 is 0 Å². The smallest absolute Gasteiger partial charge is 0.165 e. The number of benzene rings is 1. The number of nitrogen functional groups attached to an aromatic ring is 1. The summed E-state index contributed by atoms with van der Waals surface area (Å²) in [6.07, 6.45) is 7.20. The van der Waals surface area contributed by atoms with Crippen LogP contribution >= 0.6 is 0 Å². The van der Waals surface area contributed by atoms with Crippen LogP contribution in [-0.2, 0) is 4.74 Å². The average molecular weight is 433 g/mol. The molecule has 0 unspecified atom stereocenters. The third kappa shape index (κ3) is 3.40. The number of pyridine rings is 1. The molecule has 32 heavy (non-hydrogen) atoms. The van der Waals surface area contributed by atoms with Crippen LogP contribution in [0.3, 0.4) is 0 Å². The van der Waals surface area contributed by atoms with Gasteiger partial charge in [0.15, 0.2) is 11.4 Å². The Balaban J connectivity index is 1.66. The summed E-state index contributed by atoms with van der Waals surface area (Å²) in [5.41, 5.74) is 10.3. The minimum absolute atomic E-state index is 0.124. The van der Waals surface area contributed by atoms with Gasteiger partial charge in [-0.25, -0.2) is 9.37 Å². The number of rotatable bonds is 4. The quantitative estimate of drug-likeness (QED) is 0.475. The van der Waals surface area contributed by atoms with Crippen LogP contribution in [0.25, 0.3) is 27.7 Å². The highest BCUT2D eigenvalue weighted by molar-refractivity contribution is 6.00. The van der Waals surface area contributed by atoms with E-state index in [1.807, 2.05) is 6.07 Å². The number of anilines is 1. The van der Waals surface area contributed by atoms with E-state index in [1.54, 1.807) is 25.6 Å². The molecular formula is C24H24FN5O2. The number of aromatic nitrogens is 4. The highest BCUT2D eigenvalue weighted by atomic mass is 19.1. The van der Waals surface area contributed by atoms with E-state index in [2.05, 4.69) is 10.1 Å². The van der Waals surface area contributed by atoms with E-state index in [-0.39, 0.29) is 29.4 Å². The van der Waals surface area contributed by atoms with Crippen LogP contribution in [0.2, 0.25) is 0 Å². The molecule has 2 N–H and O–H groups in total. The van der Waals surface area contributed by atoms with Crippen molar-refractivity contribution < 1.29 is 13.9 Å². The Morgan fingerprint density at radius 3 is 2.69 bits per heavy atom. The lowest BCUT2D eigenvalue weighted by Crippen LogP contribution is -2.22. The Morgan fingerprint density at radius 2 is 1.97 bits per heavy atom. The van der Waals surface area contributed by atoms with Gasteiger partial charge in [-0.2, -0.15) is 9.61 Å². The number of nitrogens with zero attached hydrogens (tertiary/aromatic N) is 4. The lowest BCUT2D eigenvalue weighted by Gasteiger charge is -2.28. The minimum atomic E-state index is -0.321. The van der Waals surface area contributed by atoms with Gasteiger partial charge in [-0.1, -0.05) is 0 Å². The highest BCUT2D eigenvalue weighted by Gasteiger charge is 2.29. The lowest BCUT2D eigenvalue weighted by atomic mass is 9.83. The first-order valence-corrected chi connectivity index (χ1v) is 10.7. The molecule has 0 aliphatic heterocycles. The van der Waals surface area contributed by atoms with Gasteiger partial charge < -0.3 is 10.5 Å². The van der Waals surface area contributed by atoms with E-state index < -0.39 is 0 Å². The summed E-state index contributed by atoms with van der Waals surface area (Å²) in [4.78, 5) is 21.9. The van der Waals surface area contributed by atoms with Crippen molar-refractivity contribution in [2.75, 3.05) is 12.8 Å². The molecular weight excluding hydrogens is 409 g/mol. The number of hydrogen-bond acceptors (Lipinski definition) is 6. The number of Topliss-reactive ketones (excluding diaryl/α,β-unsaturated/α-hetero) is 1. The number of carbonyl (C=O) groups is 1. The predicted octanol–water partition coefficient (Wildman–Crippen LogP) is 4.54. The zero-order chi connectivity index (χ0) is 22.4. The van der Waals surface area contributed by atoms with Gasteiger partial charge in [0.2, 0.25) is 0 Å². The van der Waals surface area contributed by atoms with Crippen LogP contribution in [0.1, 0.15) is 54.6 Å². The van der Waals surface area contributed by atoms with Crippen molar-refractivity contribution in [3.05, 3.63) is 53.7 Å². The summed E-state index contributed by atoms with van der Waals surface area (Å²) < 4.78 is 20.7. The third-order valence-electron chi connectivity index (χ3n) is 6.41. The second-order valence-electron chi connectivity index (χ2n) is 8.38. The van der Waals surface area contributed by atoms with Gasteiger partial charge in [-0.15, -0.1) is 0 Å². The van der Waals surface area contributed by atoms with E-state index in [9.17, 15) is 9.18 Å². The summed E-state index contributed by atoms with van der Waals surface area (Å²) in [5, 5.41) is 5.09. The van der Waals surface area contributed by atoms with Gasteiger partial charge in [0.25, 0.3) is 0 Å². The number of ether oxygens (including phenoxy) is 1. The van der Waals surface area contributed by atoms with Gasteiger partial charge in [0.05, 0.1) is 29.1 Å². The molecule has 1 saturated carbocycles. The standard InChI is InChI=1S/C24H24FN5O2/c1-13(31)21-22(14-3-6-18(32-2)7-4-14)29-24-19(12-28-30(24)23(21)26)16-9-15-10-17(25)5-8-20(15)27-11-16/h5,8-12,14,18H,3-4,6-7,26H2,1-2H3. The predicted molar refractivity (Wildman–Crippen MR) is 120 cm³/mol.